The Balaban J connectivity index is 1.81. The summed E-state index contributed by atoms with van der Waals surface area (Å²) < 4.78 is 7.64. The summed E-state index contributed by atoms with van der Waals surface area (Å²) >= 11 is 0. The van der Waals surface area contributed by atoms with Crippen LogP contribution in [0.5, 0.6) is 11.5 Å². The maximum Gasteiger partial charge on any atom is 0.119 e. The molecule has 4 heteroatoms. The molecule has 4 nitrogen and oxygen atoms in total. The van der Waals surface area contributed by atoms with Gasteiger partial charge in [-0.15, -0.1) is 0 Å². The van der Waals surface area contributed by atoms with Crippen molar-refractivity contribution in [3.05, 3.63) is 53.6 Å². The first-order valence-electron chi connectivity index (χ1n) is 7.95. The fourth-order valence-electron chi connectivity index (χ4n) is 3.76. The van der Waals surface area contributed by atoms with Gasteiger partial charge in [-0.25, -0.2) is 4.98 Å². The molecule has 4 aromatic rings. The van der Waals surface area contributed by atoms with Gasteiger partial charge in [0, 0.05) is 21.9 Å². The van der Waals surface area contributed by atoms with Crippen molar-refractivity contribution < 1.29 is 9.84 Å². The van der Waals surface area contributed by atoms with E-state index in [1.165, 1.54) is 22.0 Å². The van der Waals surface area contributed by atoms with Gasteiger partial charge in [-0.05, 0) is 55.0 Å². The van der Waals surface area contributed by atoms with Crippen molar-refractivity contribution in [3.8, 4) is 22.9 Å². The molecule has 0 saturated heterocycles. The number of phenols is 1. The highest BCUT2D eigenvalue weighted by atomic mass is 16.5. The second-order valence-corrected chi connectivity index (χ2v) is 6.31. The van der Waals surface area contributed by atoms with Crippen LogP contribution < -0.4 is 4.74 Å². The number of aryl methyl sites for hydroxylation is 1. The smallest absolute Gasteiger partial charge is 0.119 e. The molecule has 0 bridgehead atoms. The molecular formula is C20H16N2O2. The Bertz CT molecular complexity index is 1140. The van der Waals surface area contributed by atoms with Crippen molar-refractivity contribution in [1.82, 2.24) is 9.55 Å². The standard InChI is InChI=1S/C20H16N2O2/c1-11-15-9-13(23)3-5-17(15)21-20-16(11)10-22-18-6-4-14(24-2)7-12(18)8-19(20)22/h3-9,23H,10H2,1-2H3. The van der Waals surface area contributed by atoms with E-state index in [2.05, 4.69) is 29.7 Å². The lowest BCUT2D eigenvalue weighted by molar-refractivity contribution is 0.415. The van der Waals surface area contributed by atoms with Gasteiger partial charge in [-0.2, -0.15) is 0 Å². The van der Waals surface area contributed by atoms with Crippen molar-refractivity contribution in [2.24, 2.45) is 0 Å². The zero-order chi connectivity index (χ0) is 16.4. The van der Waals surface area contributed by atoms with Gasteiger partial charge in [0.25, 0.3) is 0 Å². The van der Waals surface area contributed by atoms with Crippen LogP contribution in [0.15, 0.2) is 42.5 Å². The normalized spacial score (nSPS) is 12.6. The lowest BCUT2D eigenvalue weighted by atomic mass is 10.0. The van der Waals surface area contributed by atoms with E-state index in [1.807, 2.05) is 12.1 Å². The summed E-state index contributed by atoms with van der Waals surface area (Å²) in [5.74, 6) is 1.15. The Morgan fingerprint density at radius 3 is 2.83 bits per heavy atom. The zero-order valence-electron chi connectivity index (χ0n) is 13.5. The van der Waals surface area contributed by atoms with Gasteiger partial charge in [-0.3, -0.25) is 0 Å². The number of aromatic hydroxyl groups is 1. The third-order valence-corrected chi connectivity index (χ3v) is 5.02. The summed E-state index contributed by atoms with van der Waals surface area (Å²) in [6, 6.07) is 13.7. The van der Waals surface area contributed by atoms with Gasteiger partial charge in [0.15, 0.2) is 0 Å². The quantitative estimate of drug-likeness (QED) is 0.503. The summed E-state index contributed by atoms with van der Waals surface area (Å²) in [7, 11) is 1.69. The summed E-state index contributed by atoms with van der Waals surface area (Å²) in [6.07, 6.45) is 0. The number of hydrogen-bond donors (Lipinski definition) is 1. The van der Waals surface area contributed by atoms with Crippen LogP contribution in [0.1, 0.15) is 11.1 Å². The van der Waals surface area contributed by atoms with Gasteiger partial charge in [0.1, 0.15) is 11.5 Å². The predicted molar refractivity (Wildman–Crippen MR) is 94.7 cm³/mol. The monoisotopic (exact) mass is 316 g/mol. The van der Waals surface area contributed by atoms with E-state index >= 15 is 0 Å². The summed E-state index contributed by atoms with van der Waals surface area (Å²) in [5, 5.41) is 12.0. The van der Waals surface area contributed by atoms with Crippen molar-refractivity contribution in [2.75, 3.05) is 7.11 Å². The Kier molecular flexibility index (Phi) is 2.52. The molecule has 0 fully saturated rings. The van der Waals surface area contributed by atoms with Gasteiger partial charge < -0.3 is 14.4 Å². The van der Waals surface area contributed by atoms with Gasteiger partial charge in [0.2, 0.25) is 0 Å². The SMILES string of the molecule is COc1ccc2c(c1)cc1n2Cc2c-1nc1ccc(O)cc1c2C. The van der Waals surface area contributed by atoms with Crippen LogP contribution in [0.4, 0.5) is 0 Å². The molecule has 0 aliphatic carbocycles. The zero-order valence-corrected chi connectivity index (χ0v) is 13.5. The maximum atomic E-state index is 9.78. The van der Waals surface area contributed by atoms with Crippen LogP contribution in [0.3, 0.4) is 0 Å². The molecular weight excluding hydrogens is 300 g/mol. The van der Waals surface area contributed by atoms with E-state index in [0.29, 0.717) is 0 Å². The van der Waals surface area contributed by atoms with Crippen LogP contribution >= 0.6 is 0 Å². The Morgan fingerprint density at radius 2 is 2.00 bits per heavy atom. The maximum absolute atomic E-state index is 9.78. The molecule has 1 aliphatic heterocycles. The highest BCUT2D eigenvalue weighted by Gasteiger charge is 2.25. The van der Waals surface area contributed by atoms with E-state index in [-0.39, 0.29) is 5.75 Å². The van der Waals surface area contributed by atoms with E-state index in [1.54, 1.807) is 19.2 Å². The minimum absolute atomic E-state index is 0.280. The lowest BCUT2D eigenvalue weighted by Gasteiger charge is -2.08. The molecule has 2 aromatic heterocycles. The molecule has 0 atom stereocenters. The van der Waals surface area contributed by atoms with E-state index < -0.39 is 0 Å². The fraction of sp³-hybridized carbons (Fsp3) is 0.150. The van der Waals surface area contributed by atoms with Crippen molar-refractivity contribution in [1.29, 1.82) is 0 Å². The average molecular weight is 316 g/mol. The first kappa shape index (κ1) is 13.4. The number of methoxy groups -OCH3 is 1. The van der Waals surface area contributed by atoms with Crippen LogP contribution in [0, 0.1) is 6.92 Å². The fourth-order valence-corrected chi connectivity index (χ4v) is 3.76. The van der Waals surface area contributed by atoms with Crippen LogP contribution in [0.2, 0.25) is 0 Å². The Morgan fingerprint density at radius 1 is 1.12 bits per heavy atom. The molecule has 5 rings (SSSR count). The predicted octanol–water partition coefficient (Wildman–Crippen LogP) is 4.24. The number of phenolic OH excluding ortho intramolecular Hbond substituents is 1. The minimum atomic E-state index is 0.280. The highest BCUT2D eigenvalue weighted by Crippen LogP contribution is 2.40. The lowest BCUT2D eigenvalue weighted by Crippen LogP contribution is -1.96. The summed E-state index contributed by atoms with van der Waals surface area (Å²) in [6.45, 7) is 2.92. The number of aromatic nitrogens is 2. The second kappa shape index (κ2) is 4.51. The van der Waals surface area contributed by atoms with Crippen molar-refractivity contribution in [2.45, 2.75) is 13.5 Å². The number of pyridine rings is 1. The molecule has 3 heterocycles. The Labute approximate surface area is 138 Å². The average Bonchev–Trinajstić information content (AvgIpc) is 3.12. The molecule has 118 valence electrons. The Hall–Kier alpha value is -3.01. The van der Waals surface area contributed by atoms with Gasteiger partial charge in [0.05, 0.1) is 30.6 Å². The van der Waals surface area contributed by atoms with E-state index in [4.69, 9.17) is 9.72 Å². The first-order valence-corrected chi connectivity index (χ1v) is 7.95. The van der Waals surface area contributed by atoms with Crippen LogP contribution in [0.25, 0.3) is 33.2 Å². The number of hydrogen-bond acceptors (Lipinski definition) is 3. The molecule has 0 unspecified atom stereocenters. The molecule has 1 N–H and O–H groups in total. The van der Waals surface area contributed by atoms with Gasteiger partial charge >= 0.3 is 0 Å². The second-order valence-electron chi connectivity index (χ2n) is 6.31. The van der Waals surface area contributed by atoms with E-state index in [9.17, 15) is 5.11 Å². The highest BCUT2D eigenvalue weighted by molar-refractivity contribution is 5.93. The number of benzene rings is 2. The number of nitrogens with zero attached hydrogens (tertiary/aromatic N) is 2. The first-order chi connectivity index (χ1) is 11.7. The summed E-state index contributed by atoms with van der Waals surface area (Å²) in [4.78, 5) is 4.87. The molecule has 0 spiro atoms. The topological polar surface area (TPSA) is 47.3 Å². The third kappa shape index (κ3) is 1.65. The largest absolute Gasteiger partial charge is 0.508 e. The molecule has 1 aliphatic rings. The third-order valence-electron chi connectivity index (χ3n) is 5.02. The molecule has 0 radical (unpaired) electrons. The summed E-state index contributed by atoms with van der Waals surface area (Å²) in [5.41, 5.74) is 6.72. The molecule has 0 saturated carbocycles. The number of fused-ring (bicyclic) bond motifs is 6. The van der Waals surface area contributed by atoms with E-state index in [0.717, 1.165) is 34.6 Å². The van der Waals surface area contributed by atoms with Crippen LogP contribution in [-0.2, 0) is 6.54 Å². The van der Waals surface area contributed by atoms with Gasteiger partial charge in [-0.1, -0.05) is 0 Å². The molecule has 2 aromatic carbocycles. The molecule has 0 amide bonds. The van der Waals surface area contributed by atoms with Crippen molar-refractivity contribution in [3.63, 3.8) is 0 Å². The number of rotatable bonds is 1. The number of ether oxygens (including phenoxy) is 1. The van der Waals surface area contributed by atoms with Crippen LogP contribution in [-0.4, -0.2) is 21.8 Å². The molecule has 24 heavy (non-hydrogen) atoms. The minimum Gasteiger partial charge on any atom is -0.508 e. The van der Waals surface area contributed by atoms with Crippen molar-refractivity contribution >= 4 is 21.8 Å².